The highest BCUT2D eigenvalue weighted by Crippen LogP contribution is 2.08. The molecule has 0 aromatic carbocycles. The summed E-state index contributed by atoms with van der Waals surface area (Å²) in [6, 6.07) is 0. The predicted octanol–water partition coefficient (Wildman–Crippen LogP) is 1.42. The van der Waals surface area contributed by atoms with Gasteiger partial charge in [-0.25, -0.2) is 0 Å². The van der Waals surface area contributed by atoms with Crippen molar-refractivity contribution in [3.8, 4) is 0 Å². The van der Waals surface area contributed by atoms with Crippen molar-refractivity contribution in [2.45, 2.75) is 13.8 Å². The molecule has 0 amide bonds. The van der Waals surface area contributed by atoms with Crippen LogP contribution in [0.25, 0.3) is 0 Å². The molecule has 0 unspecified atom stereocenters. The van der Waals surface area contributed by atoms with Crippen LogP contribution in [0.15, 0.2) is 24.1 Å². The first-order chi connectivity index (χ1) is 5.13. The lowest BCUT2D eigenvalue weighted by molar-refractivity contribution is 0.241. The Balaban J connectivity index is 4.29. The van der Waals surface area contributed by atoms with Crippen molar-refractivity contribution >= 4 is 5.71 Å². The second-order valence-corrected chi connectivity index (χ2v) is 2.06. The molecule has 11 heavy (non-hydrogen) atoms. The Morgan fingerprint density at radius 3 is 2.55 bits per heavy atom. The molecular formula is C8H14N2O. The fourth-order valence-corrected chi connectivity index (χ4v) is 0.679. The van der Waals surface area contributed by atoms with E-state index < -0.39 is 0 Å². The quantitative estimate of drug-likeness (QED) is 0.365. The zero-order valence-corrected chi connectivity index (χ0v) is 6.98. The third-order valence-corrected chi connectivity index (χ3v) is 1.19. The second-order valence-electron chi connectivity index (χ2n) is 2.06. The van der Waals surface area contributed by atoms with E-state index >= 15 is 0 Å². The molecule has 3 heteroatoms. The lowest BCUT2D eigenvalue weighted by atomic mass is 10.1. The van der Waals surface area contributed by atoms with Crippen LogP contribution in [0.3, 0.4) is 0 Å². The summed E-state index contributed by atoms with van der Waals surface area (Å²) in [7, 11) is 0. The van der Waals surface area contributed by atoms with Gasteiger partial charge in [-0.2, -0.15) is 0 Å². The Bertz CT molecular complexity index is 194. The van der Waals surface area contributed by atoms with E-state index in [-0.39, 0.29) is 0 Å². The van der Waals surface area contributed by atoms with E-state index in [1.807, 2.05) is 6.92 Å². The van der Waals surface area contributed by atoms with E-state index in [9.17, 15) is 0 Å². The van der Waals surface area contributed by atoms with Crippen molar-refractivity contribution in [2.24, 2.45) is 5.73 Å². The first-order valence-electron chi connectivity index (χ1n) is 3.43. The number of hydrogen-bond donors (Lipinski definition) is 2. The number of nitrogens with two attached hydrogens (primary N) is 1. The van der Waals surface area contributed by atoms with Crippen molar-refractivity contribution in [3.63, 3.8) is 0 Å². The summed E-state index contributed by atoms with van der Waals surface area (Å²) in [5.74, 6) is 0.461. The number of ether oxygens (including phenoxy) is 1. The molecule has 0 rings (SSSR count). The SMILES string of the molecule is C=C(OCC)/C(=C/N)C(C)=N. The van der Waals surface area contributed by atoms with Gasteiger partial charge in [0.2, 0.25) is 0 Å². The molecule has 0 aliphatic carbocycles. The molecule has 0 aliphatic rings. The maximum atomic E-state index is 7.27. The van der Waals surface area contributed by atoms with Crippen molar-refractivity contribution in [3.05, 3.63) is 24.1 Å². The van der Waals surface area contributed by atoms with Crippen LogP contribution < -0.4 is 5.73 Å². The van der Waals surface area contributed by atoms with Gasteiger partial charge in [0.1, 0.15) is 5.76 Å². The van der Waals surface area contributed by atoms with Gasteiger partial charge < -0.3 is 15.9 Å². The summed E-state index contributed by atoms with van der Waals surface area (Å²) in [6.45, 7) is 7.67. The monoisotopic (exact) mass is 154 g/mol. The van der Waals surface area contributed by atoms with Gasteiger partial charge in [0, 0.05) is 11.9 Å². The van der Waals surface area contributed by atoms with Crippen LogP contribution in [0.1, 0.15) is 13.8 Å². The highest BCUT2D eigenvalue weighted by atomic mass is 16.5. The van der Waals surface area contributed by atoms with E-state index in [1.54, 1.807) is 6.92 Å². The molecular weight excluding hydrogens is 140 g/mol. The average Bonchev–Trinajstić information content (AvgIpc) is 1.88. The molecule has 0 bridgehead atoms. The fraction of sp³-hybridized carbons (Fsp3) is 0.375. The van der Waals surface area contributed by atoms with Gasteiger partial charge in [0.15, 0.2) is 0 Å². The Kier molecular flexibility index (Phi) is 4.03. The zero-order valence-electron chi connectivity index (χ0n) is 6.98. The molecule has 0 radical (unpaired) electrons. The minimum atomic E-state index is 0.367. The largest absolute Gasteiger partial charge is 0.494 e. The first kappa shape index (κ1) is 9.75. The maximum Gasteiger partial charge on any atom is 0.122 e. The molecule has 0 aliphatic heterocycles. The highest BCUT2D eigenvalue weighted by molar-refractivity contribution is 5.98. The number of hydrogen-bond acceptors (Lipinski definition) is 3. The van der Waals surface area contributed by atoms with Gasteiger partial charge in [-0.15, -0.1) is 0 Å². The molecule has 0 spiro atoms. The van der Waals surface area contributed by atoms with Gasteiger partial charge in [0.05, 0.1) is 12.2 Å². The topological polar surface area (TPSA) is 59.1 Å². The summed E-state index contributed by atoms with van der Waals surface area (Å²) >= 11 is 0. The summed E-state index contributed by atoms with van der Waals surface area (Å²) in [5.41, 5.74) is 6.19. The highest BCUT2D eigenvalue weighted by Gasteiger charge is 2.03. The van der Waals surface area contributed by atoms with Gasteiger partial charge in [-0.1, -0.05) is 6.58 Å². The van der Waals surface area contributed by atoms with Crippen LogP contribution in [0.2, 0.25) is 0 Å². The van der Waals surface area contributed by atoms with Gasteiger partial charge in [0.25, 0.3) is 0 Å². The normalized spacial score (nSPS) is 10.9. The first-order valence-corrected chi connectivity index (χ1v) is 3.43. The van der Waals surface area contributed by atoms with E-state index in [1.165, 1.54) is 6.20 Å². The molecule has 0 aromatic rings. The summed E-state index contributed by atoms with van der Waals surface area (Å²) in [4.78, 5) is 0. The van der Waals surface area contributed by atoms with Crippen LogP contribution in [0.5, 0.6) is 0 Å². The molecule has 0 heterocycles. The fourth-order valence-electron chi connectivity index (χ4n) is 0.679. The number of nitrogens with one attached hydrogen (secondary N) is 1. The Morgan fingerprint density at radius 1 is 1.73 bits per heavy atom. The van der Waals surface area contributed by atoms with Gasteiger partial charge >= 0.3 is 0 Å². The number of rotatable bonds is 4. The molecule has 0 aromatic heterocycles. The standard InChI is InChI=1S/C8H14N2O/c1-4-11-7(3)8(5-9)6(2)10/h5,10H,3-4,9H2,1-2H3/b8-5+,10-6?. The van der Waals surface area contributed by atoms with Crippen LogP contribution in [-0.4, -0.2) is 12.3 Å². The average molecular weight is 154 g/mol. The molecule has 0 atom stereocenters. The number of allylic oxidation sites excluding steroid dienone is 1. The molecule has 3 nitrogen and oxygen atoms in total. The molecule has 3 N–H and O–H groups in total. The summed E-state index contributed by atoms with van der Waals surface area (Å²) in [6.07, 6.45) is 1.33. The van der Waals surface area contributed by atoms with Crippen molar-refractivity contribution < 1.29 is 4.74 Å². The predicted molar refractivity (Wildman–Crippen MR) is 46.4 cm³/mol. The van der Waals surface area contributed by atoms with Crippen LogP contribution in [0.4, 0.5) is 0 Å². The van der Waals surface area contributed by atoms with E-state index in [0.717, 1.165) is 0 Å². The third-order valence-electron chi connectivity index (χ3n) is 1.19. The molecule has 0 saturated heterocycles. The van der Waals surface area contributed by atoms with E-state index in [2.05, 4.69) is 6.58 Å². The minimum Gasteiger partial charge on any atom is -0.494 e. The van der Waals surface area contributed by atoms with Crippen molar-refractivity contribution in [1.29, 1.82) is 5.41 Å². The van der Waals surface area contributed by atoms with Crippen molar-refractivity contribution in [1.82, 2.24) is 0 Å². The molecule has 0 saturated carbocycles. The van der Waals surface area contributed by atoms with E-state index in [4.69, 9.17) is 15.9 Å². The smallest absolute Gasteiger partial charge is 0.122 e. The van der Waals surface area contributed by atoms with E-state index in [0.29, 0.717) is 23.7 Å². The maximum absolute atomic E-state index is 7.27. The van der Waals surface area contributed by atoms with Gasteiger partial charge in [-0.05, 0) is 13.8 Å². The van der Waals surface area contributed by atoms with Crippen LogP contribution in [-0.2, 0) is 4.74 Å². The third kappa shape index (κ3) is 2.89. The Labute approximate surface area is 67.1 Å². The summed E-state index contributed by atoms with van der Waals surface area (Å²) in [5, 5.41) is 7.27. The Morgan fingerprint density at radius 2 is 2.27 bits per heavy atom. The van der Waals surface area contributed by atoms with Crippen molar-refractivity contribution in [2.75, 3.05) is 6.61 Å². The molecule has 62 valence electrons. The summed E-state index contributed by atoms with van der Waals surface area (Å²) < 4.78 is 5.07. The van der Waals surface area contributed by atoms with Gasteiger partial charge in [-0.3, -0.25) is 0 Å². The second kappa shape index (κ2) is 4.55. The lowest BCUT2D eigenvalue weighted by Crippen LogP contribution is -2.04. The van der Waals surface area contributed by atoms with Crippen LogP contribution >= 0.6 is 0 Å². The lowest BCUT2D eigenvalue weighted by Gasteiger charge is -2.08. The zero-order chi connectivity index (χ0) is 8.85. The Hall–Kier alpha value is -1.25. The van der Waals surface area contributed by atoms with Crippen LogP contribution in [0, 0.1) is 5.41 Å². The minimum absolute atomic E-state index is 0.367. The molecule has 0 fully saturated rings.